The van der Waals surface area contributed by atoms with Gasteiger partial charge in [-0.15, -0.1) is 0 Å². The molecule has 0 saturated carbocycles. The standard InChI is InChI=1S/C25H36O2/c1-14-16(3)22(26)20(24(5,6)7)12-18(14)11-19-13-21(25(8,9)10)23(27)17(4)15(19)2/h12-13,26-27H,11H2,1-10H3. The molecule has 0 aliphatic rings. The van der Waals surface area contributed by atoms with E-state index < -0.39 is 0 Å². The maximum atomic E-state index is 10.7. The maximum absolute atomic E-state index is 10.7. The fourth-order valence-corrected chi connectivity index (χ4v) is 3.66. The van der Waals surface area contributed by atoms with Crippen molar-refractivity contribution in [3.05, 3.63) is 56.6 Å². The van der Waals surface area contributed by atoms with Gasteiger partial charge in [-0.1, -0.05) is 53.7 Å². The van der Waals surface area contributed by atoms with Gasteiger partial charge in [-0.25, -0.2) is 0 Å². The lowest BCUT2D eigenvalue weighted by Crippen LogP contribution is -2.15. The quantitative estimate of drug-likeness (QED) is 0.633. The van der Waals surface area contributed by atoms with E-state index in [2.05, 4.69) is 67.5 Å². The van der Waals surface area contributed by atoms with Crippen LogP contribution in [-0.2, 0) is 17.3 Å². The minimum absolute atomic E-state index is 0.117. The van der Waals surface area contributed by atoms with E-state index in [1.165, 1.54) is 11.1 Å². The van der Waals surface area contributed by atoms with Crippen LogP contribution in [-0.4, -0.2) is 10.2 Å². The molecule has 2 heteroatoms. The molecule has 2 rings (SSSR count). The predicted molar refractivity (Wildman–Crippen MR) is 115 cm³/mol. The molecule has 2 N–H and O–H groups in total. The fourth-order valence-electron chi connectivity index (χ4n) is 3.66. The molecule has 27 heavy (non-hydrogen) atoms. The average Bonchev–Trinajstić information content (AvgIpc) is 2.53. The van der Waals surface area contributed by atoms with Crippen molar-refractivity contribution in [3.8, 4) is 11.5 Å². The molecule has 0 radical (unpaired) electrons. The average molecular weight is 369 g/mol. The fraction of sp³-hybridized carbons (Fsp3) is 0.520. The molecule has 0 aliphatic carbocycles. The molecule has 2 aromatic rings. The van der Waals surface area contributed by atoms with Crippen LogP contribution in [0.5, 0.6) is 11.5 Å². The zero-order valence-electron chi connectivity index (χ0n) is 18.8. The van der Waals surface area contributed by atoms with Gasteiger partial charge in [-0.05, 0) is 89.5 Å². The summed E-state index contributed by atoms with van der Waals surface area (Å²) in [6, 6.07) is 4.33. The lowest BCUT2D eigenvalue weighted by molar-refractivity contribution is 0.442. The number of aromatic hydroxyl groups is 2. The maximum Gasteiger partial charge on any atom is 0.122 e. The van der Waals surface area contributed by atoms with E-state index in [9.17, 15) is 10.2 Å². The lowest BCUT2D eigenvalue weighted by Gasteiger charge is -2.26. The zero-order valence-corrected chi connectivity index (χ0v) is 18.8. The van der Waals surface area contributed by atoms with Crippen molar-refractivity contribution in [2.75, 3.05) is 0 Å². The van der Waals surface area contributed by atoms with Crippen LogP contribution in [0.4, 0.5) is 0 Å². The van der Waals surface area contributed by atoms with Crippen LogP contribution in [0.3, 0.4) is 0 Å². The smallest absolute Gasteiger partial charge is 0.122 e. The molecule has 0 aromatic heterocycles. The predicted octanol–water partition coefficient (Wildman–Crippen LogP) is 6.52. The van der Waals surface area contributed by atoms with Crippen LogP contribution in [0.1, 0.15) is 86.1 Å². The van der Waals surface area contributed by atoms with E-state index >= 15 is 0 Å². The lowest BCUT2D eigenvalue weighted by atomic mass is 9.79. The van der Waals surface area contributed by atoms with Crippen LogP contribution in [0, 0.1) is 27.7 Å². The molecular formula is C25H36O2. The number of phenolic OH excluding ortho intramolecular Hbond substituents is 2. The van der Waals surface area contributed by atoms with Gasteiger partial charge in [0.05, 0.1) is 0 Å². The summed E-state index contributed by atoms with van der Waals surface area (Å²) in [5.74, 6) is 0.829. The molecule has 0 saturated heterocycles. The summed E-state index contributed by atoms with van der Waals surface area (Å²) in [5, 5.41) is 21.3. The van der Waals surface area contributed by atoms with Crippen molar-refractivity contribution in [1.82, 2.24) is 0 Å². The van der Waals surface area contributed by atoms with Gasteiger partial charge in [0.1, 0.15) is 11.5 Å². The van der Waals surface area contributed by atoms with Crippen LogP contribution < -0.4 is 0 Å². The Hall–Kier alpha value is -1.96. The Morgan fingerprint density at radius 3 is 1.15 bits per heavy atom. The van der Waals surface area contributed by atoms with Crippen molar-refractivity contribution in [2.24, 2.45) is 0 Å². The summed E-state index contributed by atoms with van der Waals surface area (Å²) < 4.78 is 0. The first kappa shape index (κ1) is 21.3. The summed E-state index contributed by atoms with van der Waals surface area (Å²) in [5.41, 5.74) is 8.43. The third kappa shape index (κ3) is 4.00. The first-order valence-electron chi connectivity index (χ1n) is 9.81. The summed E-state index contributed by atoms with van der Waals surface area (Å²) in [4.78, 5) is 0. The number of hydrogen-bond donors (Lipinski definition) is 2. The molecule has 0 fully saturated rings. The van der Waals surface area contributed by atoms with Crippen LogP contribution in [0.15, 0.2) is 12.1 Å². The molecule has 0 bridgehead atoms. The highest BCUT2D eigenvalue weighted by atomic mass is 16.3. The third-order valence-corrected chi connectivity index (χ3v) is 5.94. The minimum atomic E-state index is -0.117. The molecule has 0 heterocycles. The van der Waals surface area contributed by atoms with Crippen LogP contribution in [0.25, 0.3) is 0 Å². The molecule has 0 spiro atoms. The second-order valence-electron chi connectivity index (χ2n) is 10.0. The molecule has 2 nitrogen and oxygen atoms in total. The molecule has 148 valence electrons. The van der Waals surface area contributed by atoms with Gasteiger partial charge in [-0.2, -0.15) is 0 Å². The van der Waals surface area contributed by atoms with Gasteiger partial charge < -0.3 is 10.2 Å². The van der Waals surface area contributed by atoms with E-state index in [-0.39, 0.29) is 10.8 Å². The van der Waals surface area contributed by atoms with Crippen molar-refractivity contribution in [1.29, 1.82) is 0 Å². The Morgan fingerprint density at radius 2 is 0.889 bits per heavy atom. The summed E-state index contributed by atoms with van der Waals surface area (Å²) in [6.45, 7) is 21.0. The van der Waals surface area contributed by atoms with E-state index in [1.54, 1.807) is 0 Å². The Kier molecular flexibility index (Phi) is 5.45. The second kappa shape index (κ2) is 6.89. The van der Waals surface area contributed by atoms with Crippen LogP contribution in [0.2, 0.25) is 0 Å². The monoisotopic (exact) mass is 368 g/mol. The van der Waals surface area contributed by atoms with Gasteiger partial charge in [0, 0.05) is 0 Å². The molecule has 0 amide bonds. The van der Waals surface area contributed by atoms with E-state index in [0.717, 1.165) is 39.8 Å². The number of hydrogen-bond acceptors (Lipinski definition) is 2. The van der Waals surface area contributed by atoms with Crippen molar-refractivity contribution in [2.45, 2.75) is 86.5 Å². The third-order valence-electron chi connectivity index (χ3n) is 5.94. The highest BCUT2D eigenvalue weighted by Crippen LogP contribution is 2.39. The Labute approximate surface area is 165 Å². The second-order valence-corrected chi connectivity index (χ2v) is 10.0. The first-order valence-corrected chi connectivity index (χ1v) is 9.81. The van der Waals surface area contributed by atoms with Crippen molar-refractivity contribution >= 4 is 0 Å². The Bertz CT molecular complexity index is 802. The van der Waals surface area contributed by atoms with Gasteiger partial charge >= 0.3 is 0 Å². The summed E-state index contributed by atoms with van der Waals surface area (Å²) >= 11 is 0. The van der Waals surface area contributed by atoms with Gasteiger partial charge in [0.2, 0.25) is 0 Å². The Balaban J connectivity index is 2.68. The van der Waals surface area contributed by atoms with Crippen LogP contribution >= 0.6 is 0 Å². The number of benzene rings is 2. The zero-order chi connectivity index (χ0) is 20.9. The molecule has 0 aliphatic heterocycles. The summed E-state index contributed by atoms with van der Waals surface area (Å²) in [6.07, 6.45) is 0.798. The molecule has 0 unspecified atom stereocenters. The highest BCUT2D eigenvalue weighted by Gasteiger charge is 2.24. The number of phenols is 2. The largest absolute Gasteiger partial charge is 0.507 e. The van der Waals surface area contributed by atoms with Crippen molar-refractivity contribution < 1.29 is 10.2 Å². The minimum Gasteiger partial charge on any atom is -0.507 e. The van der Waals surface area contributed by atoms with Crippen molar-refractivity contribution in [3.63, 3.8) is 0 Å². The normalized spacial score (nSPS) is 12.5. The first-order chi connectivity index (χ1) is 12.2. The van der Waals surface area contributed by atoms with E-state index in [0.29, 0.717) is 11.5 Å². The molecule has 2 aromatic carbocycles. The summed E-state index contributed by atoms with van der Waals surface area (Å²) in [7, 11) is 0. The number of rotatable bonds is 2. The van der Waals surface area contributed by atoms with Gasteiger partial charge in [0.15, 0.2) is 0 Å². The van der Waals surface area contributed by atoms with Gasteiger partial charge in [-0.3, -0.25) is 0 Å². The van der Waals surface area contributed by atoms with Gasteiger partial charge in [0.25, 0.3) is 0 Å². The highest BCUT2D eigenvalue weighted by molar-refractivity contribution is 5.55. The Morgan fingerprint density at radius 1 is 0.593 bits per heavy atom. The topological polar surface area (TPSA) is 40.5 Å². The molecular weight excluding hydrogens is 332 g/mol. The van der Waals surface area contributed by atoms with E-state index in [4.69, 9.17) is 0 Å². The van der Waals surface area contributed by atoms with E-state index in [1.807, 2.05) is 13.8 Å². The molecule has 0 atom stereocenters. The SMILES string of the molecule is Cc1c(Cc2cc(C(C)(C)C)c(O)c(C)c2C)cc(C(C)(C)C)c(O)c1C.